The number of nitrogens with one attached hydrogen (secondary N) is 2. The lowest BCUT2D eigenvalue weighted by molar-refractivity contribution is -0.117. The van der Waals surface area contributed by atoms with Crippen LogP contribution in [0.5, 0.6) is 0 Å². The number of carbonyl (C=O) groups excluding carboxylic acids is 1. The summed E-state index contributed by atoms with van der Waals surface area (Å²) >= 11 is 5.45. The third-order valence-corrected chi connectivity index (χ3v) is 6.19. The van der Waals surface area contributed by atoms with Gasteiger partial charge < -0.3 is 20.4 Å². The van der Waals surface area contributed by atoms with Crippen molar-refractivity contribution >= 4 is 34.6 Å². The zero-order valence-corrected chi connectivity index (χ0v) is 18.1. The minimum atomic E-state index is 0.222. The van der Waals surface area contributed by atoms with Gasteiger partial charge in [0.2, 0.25) is 5.91 Å². The Morgan fingerprint density at radius 3 is 2.82 bits per heavy atom. The predicted octanol–water partition coefficient (Wildman–Crippen LogP) is 4.06. The molecule has 2 heterocycles. The van der Waals surface area contributed by atoms with E-state index in [0.29, 0.717) is 11.5 Å². The molecule has 2 aliphatic rings. The molecular weight excluding hydrogens is 368 g/mol. The molecule has 1 aromatic carbocycles. The topological polar surface area (TPSA) is 47.6 Å². The molecular formula is C22H34N4OS. The van der Waals surface area contributed by atoms with Gasteiger partial charge in [-0.25, -0.2) is 0 Å². The van der Waals surface area contributed by atoms with E-state index < -0.39 is 0 Å². The quantitative estimate of drug-likeness (QED) is 0.532. The maximum atomic E-state index is 12.0. The molecule has 6 heteroatoms. The van der Waals surface area contributed by atoms with Crippen molar-refractivity contribution in [2.45, 2.75) is 64.8 Å². The van der Waals surface area contributed by atoms with Gasteiger partial charge in [-0.3, -0.25) is 4.79 Å². The van der Waals surface area contributed by atoms with Crippen molar-refractivity contribution in [1.82, 2.24) is 10.2 Å². The van der Waals surface area contributed by atoms with E-state index in [1.807, 2.05) is 24.0 Å². The first-order valence-electron chi connectivity index (χ1n) is 10.8. The van der Waals surface area contributed by atoms with Crippen molar-refractivity contribution in [1.29, 1.82) is 0 Å². The Morgan fingerprint density at radius 2 is 2.11 bits per heavy atom. The predicted molar refractivity (Wildman–Crippen MR) is 121 cm³/mol. The molecule has 1 amide bonds. The van der Waals surface area contributed by atoms with Crippen LogP contribution in [0.2, 0.25) is 0 Å². The SMILES string of the molecule is CC[C@@H]1CCCCN1CCCNC(=S)Nc1ccc(N2CCCC2=O)c(C)c1. The zero-order chi connectivity index (χ0) is 19.9. The third kappa shape index (κ3) is 5.45. The molecule has 2 N–H and O–H groups in total. The third-order valence-electron chi connectivity index (χ3n) is 5.95. The normalized spacial score (nSPS) is 20.4. The zero-order valence-electron chi connectivity index (χ0n) is 17.3. The number of piperidine rings is 1. The highest BCUT2D eigenvalue weighted by Crippen LogP contribution is 2.27. The molecule has 0 radical (unpaired) electrons. The van der Waals surface area contributed by atoms with Crippen LogP contribution in [0.1, 0.15) is 57.4 Å². The van der Waals surface area contributed by atoms with Gasteiger partial charge in [0.1, 0.15) is 0 Å². The second-order valence-electron chi connectivity index (χ2n) is 7.98. The van der Waals surface area contributed by atoms with Crippen LogP contribution in [0.3, 0.4) is 0 Å². The first-order valence-corrected chi connectivity index (χ1v) is 11.2. The fourth-order valence-corrected chi connectivity index (χ4v) is 4.63. The van der Waals surface area contributed by atoms with E-state index in [1.54, 1.807) is 0 Å². The monoisotopic (exact) mass is 402 g/mol. The first kappa shape index (κ1) is 21.1. The van der Waals surface area contributed by atoms with Crippen molar-refractivity contribution in [2.24, 2.45) is 0 Å². The Labute approximate surface area is 174 Å². The molecule has 1 atom stereocenters. The molecule has 0 aliphatic carbocycles. The summed E-state index contributed by atoms with van der Waals surface area (Å²) in [7, 11) is 0. The molecule has 0 aromatic heterocycles. The van der Waals surface area contributed by atoms with Crippen LogP contribution in [0.4, 0.5) is 11.4 Å². The number of anilines is 2. The molecule has 5 nitrogen and oxygen atoms in total. The number of likely N-dealkylation sites (tertiary alicyclic amines) is 1. The van der Waals surface area contributed by atoms with Crippen LogP contribution in [-0.2, 0) is 4.79 Å². The van der Waals surface area contributed by atoms with Crippen molar-refractivity contribution < 1.29 is 4.79 Å². The maximum absolute atomic E-state index is 12.0. The summed E-state index contributed by atoms with van der Waals surface area (Å²) in [4.78, 5) is 16.5. The Morgan fingerprint density at radius 1 is 1.25 bits per heavy atom. The van der Waals surface area contributed by atoms with Gasteiger partial charge in [-0.2, -0.15) is 0 Å². The Hall–Kier alpha value is -1.66. The lowest BCUT2D eigenvalue weighted by Gasteiger charge is -2.35. The van der Waals surface area contributed by atoms with Gasteiger partial charge in [-0.05, 0) is 81.6 Å². The maximum Gasteiger partial charge on any atom is 0.227 e. The van der Waals surface area contributed by atoms with E-state index in [0.717, 1.165) is 55.5 Å². The van der Waals surface area contributed by atoms with Crippen molar-refractivity contribution in [3.8, 4) is 0 Å². The summed E-state index contributed by atoms with van der Waals surface area (Å²) in [5, 5.41) is 7.26. The number of hydrogen-bond acceptors (Lipinski definition) is 3. The number of thiocarbonyl (C=S) groups is 1. The molecule has 1 aromatic rings. The Balaban J connectivity index is 1.42. The van der Waals surface area contributed by atoms with Crippen LogP contribution in [-0.4, -0.2) is 48.1 Å². The molecule has 2 saturated heterocycles. The van der Waals surface area contributed by atoms with Crippen molar-refractivity contribution in [2.75, 3.05) is 36.4 Å². The fourth-order valence-electron chi connectivity index (χ4n) is 4.41. The standard InChI is InChI=1S/C22H34N4OS/c1-3-19-8-4-5-13-25(19)14-7-12-23-22(28)24-18-10-11-20(17(2)16-18)26-15-6-9-21(26)27/h10-11,16,19H,3-9,12-15H2,1-2H3,(H2,23,24,28)/t19-/m1/s1. The van der Waals surface area contributed by atoms with Crippen molar-refractivity contribution in [3.05, 3.63) is 23.8 Å². The van der Waals surface area contributed by atoms with Crippen LogP contribution >= 0.6 is 12.2 Å². The largest absolute Gasteiger partial charge is 0.362 e. The van der Waals surface area contributed by atoms with Gasteiger partial charge in [0.15, 0.2) is 5.11 Å². The van der Waals surface area contributed by atoms with Gasteiger partial charge in [0.25, 0.3) is 0 Å². The van der Waals surface area contributed by atoms with E-state index in [9.17, 15) is 4.79 Å². The minimum absolute atomic E-state index is 0.222. The highest BCUT2D eigenvalue weighted by atomic mass is 32.1. The number of aryl methyl sites for hydroxylation is 1. The van der Waals surface area contributed by atoms with Crippen molar-refractivity contribution in [3.63, 3.8) is 0 Å². The van der Waals surface area contributed by atoms with Gasteiger partial charge in [-0.15, -0.1) is 0 Å². The molecule has 3 rings (SSSR count). The highest BCUT2D eigenvalue weighted by Gasteiger charge is 2.23. The van der Waals surface area contributed by atoms with E-state index in [1.165, 1.54) is 32.2 Å². The molecule has 2 aliphatic heterocycles. The minimum Gasteiger partial charge on any atom is -0.362 e. The molecule has 0 bridgehead atoms. The van der Waals surface area contributed by atoms with E-state index in [-0.39, 0.29) is 5.91 Å². The lowest BCUT2D eigenvalue weighted by Crippen LogP contribution is -2.40. The molecule has 154 valence electrons. The molecule has 2 fully saturated rings. The second-order valence-corrected chi connectivity index (χ2v) is 8.39. The molecule has 0 saturated carbocycles. The summed E-state index contributed by atoms with van der Waals surface area (Å²) in [5.74, 6) is 0.222. The number of amides is 1. The van der Waals surface area contributed by atoms with Crippen LogP contribution in [0.25, 0.3) is 0 Å². The lowest BCUT2D eigenvalue weighted by atomic mass is 10.00. The molecule has 0 unspecified atom stereocenters. The number of benzene rings is 1. The Kier molecular flexibility index (Phi) is 7.68. The number of nitrogens with zero attached hydrogens (tertiary/aromatic N) is 2. The summed E-state index contributed by atoms with van der Waals surface area (Å²) in [6.07, 6.45) is 8.03. The Bertz CT molecular complexity index is 693. The van der Waals surface area contributed by atoms with Gasteiger partial charge in [0, 0.05) is 43.5 Å². The summed E-state index contributed by atoms with van der Waals surface area (Å²) in [6.45, 7) is 8.44. The summed E-state index contributed by atoms with van der Waals surface area (Å²) in [6, 6.07) is 6.85. The van der Waals surface area contributed by atoms with Gasteiger partial charge in [-0.1, -0.05) is 13.3 Å². The summed E-state index contributed by atoms with van der Waals surface area (Å²) in [5.41, 5.74) is 3.07. The number of rotatable bonds is 7. The average molecular weight is 403 g/mol. The average Bonchev–Trinajstić information content (AvgIpc) is 3.11. The smallest absolute Gasteiger partial charge is 0.227 e. The van der Waals surface area contributed by atoms with E-state index in [4.69, 9.17) is 12.2 Å². The van der Waals surface area contributed by atoms with Crippen LogP contribution < -0.4 is 15.5 Å². The van der Waals surface area contributed by atoms with E-state index in [2.05, 4.69) is 28.5 Å². The van der Waals surface area contributed by atoms with Crippen LogP contribution in [0.15, 0.2) is 18.2 Å². The molecule has 0 spiro atoms. The molecule has 28 heavy (non-hydrogen) atoms. The van der Waals surface area contributed by atoms with Gasteiger partial charge in [0.05, 0.1) is 0 Å². The highest BCUT2D eigenvalue weighted by molar-refractivity contribution is 7.80. The summed E-state index contributed by atoms with van der Waals surface area (Å²) < 4.78 is 0. The first-order chi connectivity index (χ1) is 13.6. The second kappa shape index (κ2) is 10.2. The fraction of sp³-hybridized carbons (Fsp3) is 0.636. The van der Waals surface area contributed by atoms with Gasteiger partial charge >= 0.3 is 0 Å². The van der Waals surface area contributed by atoms with E-state index >= 15 is 0 Å². The van der Waals surface area contributed by atoms with Crippen LogP contribution in [0, 0.1) is 6.92 Å². The number of carbonyl (C=O) groups is 1. The number of hydrogen-bond donors (Lipinski definition) is 2.